The summed E-state index contributed by atoms with van der Waals surface area (Å²) in [5, 5.41) is 3.00. The van der Waals surface area contributed by atoms with Crippen LogP contribution in [0.3, 0.4) is 0 Å². The number of rotatable bonds is 4. The zero-order valence-electron chi connectivity index (χ0n) is 12.0. The Morgan fingerprint density at radius 1 is 1.55 bits per heavy atom. The summed E-state index contributed by atoms with van der Waals surface area (Å²) in [6.45, 7) is 5.05. The molecule has 1 aromatic rings. The molecule has 0 aromatic carbocycles. The SMILES string of the molecule is CC(C)C[C@@H]1OCCC[C@H]1NC(=O)c1cc[nH]c(=O)c1. The van der Waals surface area contributed by atoms with Crippen LogP contribution in [0.4, 0.5) is 0 Å². The number of aromatic nitrogens is 1. The molecule has 0 saturated carbocycles. The van der Waals surface area contributed by atoms with Gasteiger partial charge in [-0.05, 0) is 31.2 Å². The molecule has 0 unspecified atom stereocenters. The molecule has 0 radical (unpaired) electrons. The molecule has 2 atom stereocenters. The number of amides is 1. The molecule has 1 aromatic heterocycles. The normalized spacial score (nSPS) is 22.8. The van der Waals surface area contributed by atoms with E-state index in [1.165, 1.54) is 12.3 Å². The summed E-state index contributed by atoms with van der Waals surface area (Å²) < 4.78 is 5.78. The van der Waals surface area contributed by atoms with E-state index in [4.69, 9.17) is 4.74 Å². The van der Waals surface area contributed by atoms with Gasteiger partial charge in [0.15, 0.2) is 0 Å². The quantitative estimate of drug-likeness (QED) is 0.880. The van der Waals surface area contributed by atoms with Crippen molar-refractivity contribution in [1.29, 1.82) is 0 Å². The molecule has 1 fully saturated rings. The summed E-state index contributed by atoms with van der Waals surface area (Å²) >= 11 is 0. The van der Waals surface area contributed by atoms with Crippen LogP contribution in [0.2, 0.25) is 0 Å². The molecule has 0 spiro atoms. The fourth-order valence-electron chi connectivity index (χ4n) is 2.54. The van der Waals surface area contributed by atoms with E-state index in [0.29, 0.717) is 11.5 Å². The van der Waals surface area contributed by atoms with Crippen LogP contribution in [-0.4, -0.2) is 29.6 Å². The number of nitrogens with one attached hydrogen (secondary N) is 2. The van der Waals surface area contributed by atoms with Crippen LogP contribution in [0.15, 0.2) is 23.1 Å². The fourth-order valence-corrected chi connectivity index (χ4v) is 2.54. The first kappa shape index (κ1) is 14.8. The number of pyridine rings is 1. The van der Waals surface area contributed by atoms with Gasteiger partial charge in [-0.3, -0.25) is 9.59 Å². The first-order valence-corrected chi connectivity index (χ1v) is 7.17. The lowest BCUT2D eigenvalue weighted by molar-refractivity contribution is -0.0186. The van der Waals surface area contributed by atoms with Crippen molar-refractivity contribution >= 4 is 5.91 Å². The molecule has 1 saturated heterocycles. The van der Waals surface area contributed by atoms with Crippen molar-refractivity contribution in [3.8, 4) is 0 Å². The van der Waals surface area contributed by atoms with E-state index in [1.807, 2.05) is 0 Å². The van der Waals surface area contributed by atoms with E-state index in [2.05, 4.69) is 24.1 Å². The van der Waals surface area contributed by atoms with E-state index in [1.54, 1.807) is 6.07 Å². The average Bonchev–Trinajstić information content (AvgIpc) is 2.40. The molecule has 0 bridgehead atoms. The van der Waals surface area contributed by atoms with Gasteiger partial charge in [-0.25, -0.2) is 0 Å². The van der Waals surface area contributed by atoms with Crippen molar-refractivity contribution in [2.75, 3.05) is 6.61 Å². The van der Waals surface area contributed by atoms with Crippen LogP contribution in [0.25, 0.3) is 0 Å². The maximum absolute atomic E-state index is 12.2. The molecule has 5 nitrogen and oxygen atoms in total. The Morgan fingerprint density at radius 2 is 2.35 bits per heavy atom. The molecule has 1 amide bonds. The van der Waals surface area contributed by atoms with Crippen molar-refractivity contribution < 1.29 is 9.53 Å². The molecule has 20 heavy (non-hydrogen) atoms. The number of H-pyrrole nitrogens is 1. The third-order valence-electron chi connectivity index (χ3n) is 3.50. The molecular weight excluding hydrogens is 256 g/mol. The molecule has 2 heterocycles. The zero-order valence-corrected chi connectivity index (χ0v) is 12.0. The Kier molecular flexibility index (Phi) is 4.95. The second kappa shape index (κ2) is 6.70. The molecule has 0 aliphatic carbocycles. The summed E-state index contributed by atoms with van der Waals surface area (Å²) in [4.78, 5) is 25.9. The molecule has 2 rings (SSSR count). The summed E-state index contributed by atoms with van der Waals surface area (Å²) in [6.07, 6.45) is 4.36. The van der Waals surface area contributed by atoms with Gasteiger partial charge in [0, 0.05) is 24.4 Å². The summed E-state index contributed by atoms with van der Waals surface area (Å²) in [7, 11) is 0. The highest BCUT2D eigenvalue weighted by molar-refractivity contribution is 5.94. The predicted octanol–water partition coefficient (Wildman–Crippen LogP) is 1.70. The molecule has 2 N–H and O–H groups in total. The lowest BCUT2D eigenvalue weighted by Crippen LogP contribution is -2.47. The van der Waals surface area contributed by atoms with Gasteiger partial charge in [-0.2, -0.15) is 0 Å². The van der Waals surface area contributed by atoms with Gasteiger partial charge in [0.1, 0.15) is 0 Å². The van der Waals surface area contributed by atoms with Gasteiger partial charge in [0.25, 0.3) is 5.91 Å². The molecule has 5 heteroatoms. The number of carbonyl (C=O) groups is 1. The predicted molar refractivity (Wildman–Crippen MR) is 76.7 cm³/mol. The van der Waals surface area contributed by atoms with Crippen LogP contribution in [-0.2, 0) is 4.74 Å². The second-order valence-electron chi connectivity index (χ2n) is 5.70. The van der Waals surface area contributed by atoms with Gasteiger partial charge in [-0.15, -0.1) is 0 Å². The van der Waals surface area contributed by atoms with E-state index in [-0.39, 0.29) is 23.6 Å². The van der Waals surface area contributed by atoms with Crippen molar-refractivity contribution in [3.05, 3.63) is 34.2 Å². The van der Waals surface area contributed by atoms with Crippen LogP contribution in [0.1, 0.15) is 43.5 Å². The van der Waals surface area contributed by atoms with Crippen LogP contribution in [0.5, 0.6) is 0 Å². The average molecular weight is 278 g/mol. The smallest absolute Gasteiger partial charge is 0.251 e. The second-order valence-corrected chi connectivity index (χ2v) is 5.70. The fraction of sp³-hybridized carbons (Fsp3) is 0.600. The third kappa shape index (κ3) is 3.93. The standard InChI is InChI=1S/C15H22N2O3/c1-10(2)8-13-12(4-3-7-20-13)17-15(19)11-5-6-16-14(18)9-11/h5-6,9-10,12-13H,3-4,7-8H2,1-2H3,(H,16,18)(H,17,19)/t12-,13+/m1/s1. The highest BCUT2D eigenvalue weighted by atomic mass is 16.5. The topological polar surface area (TPSA) is 71.2 Å². The summed E-state index contributed by atoms with van der Waals surface area (Å²) in [5.41, 5.74) is 0.124. The van der Waals surface area contributed by atoms with Crippen LogP contribution >= 0.6 is 0 Å². The Hall–Kier alpha value is -1.62. The first-order valence-electron chi connectivity index (χ1n) is 7.17. The van der Waals surface area contributed by atoms with E-state index in [0.717, 1.165) is 25.9 Å². The summed E-state index contributed by atoms with van der Waals surface area (Å²) in [5.74, 6) is 0.317. The minimum Gasteiger partial charge on any atom is -0.376 e. The lowest BCUT2D eigenvalue weighted by atomic mass is 9.94. The van der Waals surface area contributed by atoms with Crippen molar-refractivity contribution in [2.45, 2.75) is 45.3 Å². The van der Waals surface area contributed by atoms with Crippen molar-refractivity contribution in [1.82, 2.24) is 10.3 Å². The van der Waals surface area contributed by atoms with E-state index in [9.17, 15) is 9.59 Å². The number of aromatic amines is 1. The van der Waals surface area contributed by atoms with E-state index >= 15 is 0 Å². The number of hydrogen-bond acceptors (Lipinski definition) is 3. The number of carbonyl (C=O) groups excluding carboxylic acids is 1. The number of hydrogen-bond donors (Lipinski definition) is 2. The zero-order chi connectivity index (χ0) is 14.5. The highest BCUT2D eigenvalue weighted by Gasteiger charge is 2.28. The van der Waals surface area contributed by atoms with Gasteiger partial charge in [0.05, 0.1) is 12.1 Å². The van der Waals surface area contributed by atoms with Crippen LogP contribution < -0.4 is 10.9 Å². The van der Waals surface area contributed by atoms with E-state index < -0.39 is 0 Å². The largest absolute Gasteiger partial charge is 0.376 e. The van der Waals surface area contributed by atoms with Gasteiger partial charge in [0.2, 0.25) is 5.56 Å². The third-order valence-corrected chi connectivity index (χ3v) is 3.50. The Morgan fingerprint density at radius 3 is 3.05 bits per heavy atom. The van der Waals surface area contributed by atoms with Gasteiger partial charge in [-0.1, -0.05) is 13.8 Å². The van der Waals surface area contributed by atoms with Crippen LogP contribution in [0, 0.1) is 5.92 Å². The monoisotopic (exact) mass is 278 g/mol. The number of ether oxygens (including phenoxy) is 1. The minimum absolute atomic E-state index is 0.0259. The molecule has 1 aliphatic rings. The Bertz CT molecular complexity index is 510. The first-order chi connectivity index (χ1) is 9.56. The van der Waals surface area contributed by atoms with Gasteiger partial charge < -0.3 is 15.0 Å². The molecule has 1 aliphatic heterocycles. The van der Waals surface area contributed by atoms with Crippen molar-refractivity contribution in [3.63, 3.8) is 0 Å². The summed E-state index contributed by atoms with van der Waals surface area (Å²) in [6, 6.07) is 2.95. The molecular formula is C15H22N2O3. The molecule has 110 valence electrons. The lowest BCUT2D eigenvalue weighted by Gasteiger charge is -2.33. The minimum atomic E-state index is -0.267. The van der Waals surface area contributed by atoms with Crippen molar-refractivity contribution in [2.24, 2.45) is 5.92 Å². The Labute approximate surface area is 118 Å². The highest BCUT2D eigenvalue weighted by Crippen LogP contribution is 2.20. The maximum Gasteiger partial charge on any atom is 0.251 e. The van der Waals surface area contributed by atoms with Gasteiger partial charge >= 0.3 is 0 Å². The Balaban J connectivity index is 2.03. The maximum atomic E-state index is 12.2.